The van der Waals surface area contributed by atoms with E-state index in [0.717, 1.165) is 15.2 Å². The summed E-state index contributed by atoms with van der Waals surface area (Å²) in [5.41, 5.74) is 0. The molecular formula is C13H19AlClTi. The van der Waals surface area contributed by atoms with E-state index in [1.165, 1.54) is 19.4 Å². The third-order valence-corrected chi connectivity index (χ3v) is 1.11. The zero-order chi connectivity index (χ0) is 11.8. The summed E-state index contributed by atoms with van der Waals surface area (Å²) >= 11 is 2.22. The van der Waals surface area contributed by atoms with Crippen LogP contribution < -0.4 is 0 Å². The van der Waals surface area contributed by atoms with Gasteiger partial charge in [-0.2, -0.15) is 0 Å². The van der Waals surface area contributed by atoms with Crippen LogP contribution in [0.3, 0.4) is 0 Å². The molecule has 0 atom stereocenters. The minimum absolute atomic E-state index is 0. The van der Waals surface area contributed by atoms with Crippen molar-refractivity contribution in [2.75, 3.05) is 0 Å². The van der Waals surface area contributed by atoms with E-state index in [1.54, 1.807) is 0 Å². The van der Waals surface area contributed by atoms with Crippen LogP contribution in [0.4, 0.5) is 0 Å². The molecule has 2 aliphatic carbocycles. The van der Waals surface area contributed by atoms with E-state index >= 15 is 0 Å². The monoisotopic (exact) mass is 285 g/mol. The Kier molecular flexibility index (Phi) is 36.0. The Bertz CT molecular complexity index is 58.8. The first-order valence-corrected chi connectivity index (χ1v) is 9.14. The summed E-state index contributed by atoms with van der Waals surface area (Å²) in [5.74, 6) is 4.42. The summed E-state index contributed by atoms with van der Waals surface area (Å²) in [7, 11) is 4.64. The molecule has 2 fully saturated rings. The molecular weight excluding hydrogens is 266 g/mol. The van der Waals surface area contributed by atoms with Crippen molar-refractivity contribution >= 4 is 24.5 Å². The number of halogens is 1. The molecule has 0 heterocycles. The van der Waals surface area contributed by atoms with Crippen molar-refractivity contribution in [2.45, 2.75) is 11.6 Å². The molecule has 0 bridgehead atoms. The van der Waals surface area contributed by atoms with E-state index in [-0.39, 0.29) is 7.43 Å². The second-order valence-electron chi connectivity index (χ2n) is 2.50. The summed E-state index contributed by atoms with van der Waals surface area (Å²) in [6.07, 6.45) is 20.0. The topological polar surface area (TPSA) is 0 Å². The molecule has 11 radical (unpaired) electrons. The van der Waals surface area contributed by atoms with Crippen LogP contribution in [0, 0.1) is 71.6 Å². The first-order chi connectivity index (χ1) is 7.41. The fourth-order valence-corrected chi connectivity index (χ4v) is 0.642. The van der Waals surface area contributed by atoms with Crippen LogP contribution in [0.2, 0.25) is 11.6 Å². The van der Waals surface area contributed by atoms with E-state index in [1.807, 2.05) is 64.2 Å². The normalized spacial score (nSPS) is 16.1. The molecule has 0 saturated heterocycles. The quantitative estimate of drug-likeness (QED) is 0.467. The molecule has 85 valence electrons. The molecule has 0 nitrogen and oxygen atoms in total. The Hall–Kier alpha value is 1.54. The standard InChI is InChI=1S/2C5H5.3CH3.Al.ClH.Ti/c2*1-2-4-5-3-1;;;;;;/h2*1-5H;3*1H3;;1H;/q;;;;-1;;;+2/p-1. The molecule has 2 aliphatic rings. The van der Waals surface area contributed by atoms with Gasteiger partial charge in [0.25, 0.3) is 0 Å². The molecule has 2 saturated carbocycles. The van der Waals surface area contributed by atoms with Gasteiger partial charge in [0.05, 0.1) is 0 Å². The van der Waals surface area contributed by atoms with E-state index in [0.29, 0.717) is 0 Å². The Morgan fingerprint density at radius 3 is 0.750 bits per heavy atom. The zero-order valence-electron chi connectivity index (χ0n) is 10.2. The SMILES string of the molecule is [CH3-].[CH3][Al][CH3].[CH]1[CH][CH][CH][CH]1.[CH]1[CH][CH][CH][CH]1.[Cl][Ti+]. The molecule has 0 aliphatic heterocycles. The molecule has 0 aromatic carbocycles. The van der Waals surface area contributed by atoms with Crippen LogP contribution in [-0.4, -0.2) is 15.2 Å². The third-order valence-electron chi connectivity index (χ3n) is 1.11. The predicted molar refractivity (Wildman–Crippen MR) is 72.7 cm³/mol. The third kappa shape index (κ3) is 24.7. The van der Waals surface area contributed by atoms with Crippen LogP contribution in [0.5, 0.6) is 0 Å². The van der Waals surface area contributed by atoms with Crippen molar-refractivity contribution in [3.8, 4) is 0 Å². The van der Waals surface area contributed by atoms with E-state index in [9.17, 15) is 0 Å². The summed E-state index contributed by atoms with van der Waals surface area (Å²) in [6, 6.07) is 0. The Labute approximate surface area is 126 Å². The summed E-state index contributed by atoms with van der Waals surface area (Å²) in [5, 5.41) is 0. The fourth-order valence-electron chi connectivity index (χ4n) is 0.642. The number of hydrogen-bond acceptors (Lipinski definition) is 0. The van der Waals surface area contributed by atoms with Gasteiger partial charge in [0.1, 0.15) is 0 Å². The van der Waals surface area contributed by atoms with Crippen molar-refractivity contribution in [2.24, 2.45) is 0 Å². The van der Waals surface area contributed by atoms with Gasteiger partial charge < -0.3 is 7.43 Å². The second kappa shape index (κ2) is 25.4. The Morgan fingerprint density at radius 1 is 0.625 bits per heavy atom. The van der Waals surface area contributed by atoms with Gasteiger partial charge in [0, 0.05) is 0 Å². The van der Waals surface area contributed by atoms with Crippen molar-refractivity contribution < 1.29 is 19.4 Å². The molecule has 0 spiro atoms. The van der Waals surface area contributed by atoms with Gasteiger partial charge in [-0.25, -0.2) is 0 Å². The van der Waals surface area contributed by atoms with Crippen molar-refractivity contribution in [1.82, 2.24) is 0 Å². The van der Waals surface area contributed by atoms with Gasteiger partial charge in [0.2, 0.25) is 0 Å². The van der Waals surface area contributed by atoms with Gasteiger partial charge in [-0.05, 0) is 64.2 Å². The van der Waals surface area contributed by atoms with Crippen LogP contribution in [0.1, 0.15) is 0 Å². The number of hydrogen-bond donors (Lipinski definition) is 0. The molecule has 0 aromatic rings. The van der Waals surface area contributed by atoms with Crippen molar-refractivity contribution in [3.05, 3.63) is 71.6 Å². The zero-order valence-corrected chi connectivity index (χ0v) is 13.7. The van der Waals surface area contributed by atoms with Gasteiger partial charge in [0.15, 0.2) is 15.2 Å². The molecule has 0 amide bonds. The summed E-state index contributed by atoms with van der Waals surface area (Å²) in [4.78, 5) is 0. The first kappa shape index (κ1) is 22.7. The summed E-state index contributed by atoms with van der Waals surface area (Å²) in [6.45, 7) is 0. The van der Waals surface area contributed by atoms with Crippen molar-refractivity contribution in [3.63, 3.8) is 0 Å². The molecule has 0 unspecified atom stereocenters. The predicted octanol–water partition coefficient (Wildman–Crippen LogP) is 3.97. The van der Waals surface area contributed by atoms with Crippen LogP contribution in [0.15, 0.2) is 0 Å². The number of rotatable bonds is 0. The molecule has 16 heavy (non-hydrogen) atoms. The average Bonchev–Trinajstić information content (AvgIpc) is 3.01. The molecule has 0 N–H and O–H groups in total. The molecule has 2 rings (SSSR count). The summed E-state index contributed by atoms with van der Waals surface area (Å²) < 4.78 is 0. The fraction of sp³-hybridized carbons (Fsp3) is 0.154. The van der Waals surface area contributed by atoms with Crippen molar-refractivity contribution in [1.29, 1.82) is 0 Å². The maximum atomic E-state index is 4.64. The molecule has 0 aromatic heterocycles. The Balaban J connectivity index is -0.000000147. The van der Waals surface area contributed by atoms with Crippen LogP contribution >= 0.6 is 9.30 Å². The molecule has 3 heteroatoms. The Morgan fingerprint density at radius 2 is 0.688 bits per heavy atom. The van der Waals surface area contributed by atoms with Gasteiger partial charge in [-0.15, -0.1) is 11.6 Å². The van der Waals surface area contributed by atoms with Gasteiger partial charge >= 0.3 is 28.7 Å². The average molecular weight is 286 g/mol. The van der Waals surface area contributed by atoms with E-state index < -0.39 is 0 Å². The minimum atomic E-state index is 0. The van der Waals surface area contributed by atoms with Gasteiger partial charge in [-0.1, -0.05) is 0 Å². The van der Waals surface area contributed by atoms with Crippen LogP contribution in [0.25, 0.3) is 0 Å². The maximum absolute atomic E-state index is 4.64. The van der Waals surface area contributed by atoms with Crippen LogP contribution in [-0.2, 0) is 19.4 Å². The first-order valence-electron chi connectivity index (χ1n) is 4.68. The second-order valence-corrected chi connectivity index (χ2v) is 3.66. The van der Waals surface area contributed by atoms with E-state index in [4.69, 9.17) is 0 Å². The van der Waals surface area contributed by atoms with Gasteiger partial charge in [-0.3, -0.25) is 0 Å². The van der Waals surface area contributed by atoms with E-state index in [2.05, 4.69) is 20.9 Å².